The predicted molar refractivity (Wildman–Crippen MR) is 158 cm³/mol. The number of morpholine rings is 1. The lowest BCUT2D eigenvalue weighted by molar-refractivity contribution is -0.0114. The summed E-state index contributed by atoms with van der Waals surface area (Å²) >= 11 is 0. The van der Waals surface area contributed by atoms with Crippen LogP contribution >= 0.6 is 0 Å². The number of amides is 1. The zero-order valence-electron chi connectivity index (χ0n) is 24.3. The molecule has 0 saturated carbocycles. The topological polar surface area (TPSA) is 94.1 Å². The van der Waals surface area contributed by atoms with Crippen molar-refractivity contribution in [1.82, 2.24) is 20.4 Å². The number of ether oxygens (including phenoxy) is 1. The number of hydrogen-bond donors (Lipinski definition) is 3. The van der Waals surface area contributed by atoms with Crippen molar-refractivity contribution in [3.8, 4) is 0 Å². The van der Waals surface area contributed by atoms with Gasteiger partial charge in [0.15, 0.2) is 5.78 Å². The Hall–Kier alpha value is -2.78. The number of rotatable bonds is 13. The van der Waals surface area contributed by atoms with Crippen LogP contribution in [-0.4, -0.2) is 96.8 Å². The number of carbonyl (C=O) groups is 2. The van der Waals surface area contributed by atoms with Crippen LogP contribution in [0.3, 0.4) is 0 Å². The maximum atomic E-state index is 12.9. The molecule has 0 radical (unpaired) electrons. The number of fused-ring (bicyclic) bond motifs is 2. The molecule has 2 bridgehead atoms. The summed E-state index contributed by atoms with van der Waals surface area (Å²) in [6.45, 7) is 14.3. The third-order valence-corrected chi connectivity index (χ3v) is 8.41. The highest BCUT2D eigenvalue weighted by molar-refractivity contribution is 5.99. The van der Waals surface area contributed by atoms with Gasteiger partial charge in [0.2, 0.25) is 0 Å². The van der Waals surface area contributed by atoms with E-state index >= 15 is 0 Å². The Kier molecular flexibility index (Phi) is 10.7. The number of nitrogens with one attached hydrogen (secondary N) is 2. The van der Waals surface area contributed by atoms with Crippen molar-refractivity contribution < 1.29 is 19.4 Å². The number of hydrogen-bond acceptors (Lipinski definition) is 7. The number of Topliss-reactive ketones (excluding diaryl/α,β-unsaturated/α-hetero) is 1. The Labute approximate surface area is 239 Å². The van der Waals surface area contributed by atoms with Gasteiger partial charge in [-0.3, -0.25) is 19.4 Å². The van der Waals surface area contributed by atoms with E-state index < -0.39 is 6.10 Å². The number of nitrogens with zero attached hydrogens (tertiary/aromatic N) is 2. The van der Waals surface area contributed by atoms with Crippen molar-refractivity contribution in [2.45, 2.75) is 64.3 Å². The molecule has 0 aliphatic carbocycles. The molecule has 4 unspecified atom stereocenters. The van der Waals surface area contributed by atoms with Gasteiger partial charge < -0.3 is 20.5 Å². The van der Waals surface area contributed by atoms with Crippen LogP contribution in [0.5, 0.6) is 0 Å². The second-order valence-corrected chi connectivity index (χ2v) is 11.4. The Morgan fingerprint density at radius 1 is 1.15 bits per heavy atom. The average molecular weight is 551 g/mol. The molecule has 3 heterocycles. The first-order valence-electron chi connectivity index (χ1n) is 14.7. The van der Waals surface area contributed by atoms with Crippen molar-refractivity contribution in [2.75, 3.05) is 45.9 Å². The van der Waals surface area contributed by atoms with Gasteiger partial charge in [-0.2, -0.15) is 0 Å². The lowest BCUT2D eigenvalue weighted by atomic mass is 9.92. The molecule has 0 aromatic heterocycles. The van der Waals surface area contributed by atoms with Gasteiger partial charge in [-0.25, -0.2) is 0 Å². The lowest BCUT2D eigenvalue weighted by Gasteiger charge is -2.35. The van der Waals surface area contributed by atoms with E-state index in [-0.39, 0.29) is 24.3 Å². The molecule has 8 nitrogen and oxygen atoms in total. The second-order valence-electron chi connectivity index (χ2n) is 11.4. The highest BCUT2D eigenvalue weighted by Gasteiger charge is 2.38. The Balaban J connectivity index is 1.25. The van der Waals surface area contributed by atoms with E-state index in [1.165, 1.54) is 11.3 Å². The highest BCUT2D eigenvalue weighted by atomic mass is 16.5. The third-order valence-electron chi connectivity index (χ3n) is 8.41. The molecule has 1 amide bonds. The van der Waals surface area contributed by atoms with Crippen molar-refractivity contribution in [3.05, 3.63) is 71.5 Å². The molecule has 2 fully saturated rings. The number of ketones is 1. The van der Waals surface area contributed by atoms with Crippen LogP contribution < -0.4 is 10.6 Å². The van der Waals surface area contributed by atoms with Crippen molar-refractivity contribution in [3.63, 3.8) is 0 Å². The predicted octanol–water partition coefficient (Wildman–Crippen LogP) is 3.16. The van der Waals surface area contributed by atoms with Gasteiger partial charge in [-0.15, -0.1) is 6.58 Å². The van der Waals surface area contributed by atoms with Gasteiger partial charge in [0, 0.05) is 61.1 Å². The van der Waals surface area contributed by atoms with Crippen LogP contribution in [0.2, 0.25) is 0 Å². The smallest absolute Gasteiger partial charge is 0.251 e. The second kappa shape index (κ2) is 14.2. The molecule has 1 aromatic rings. The molecule has 1 aromatic carbocycles. The van der Waals surface area contributed by atoms with Crippen molar-refractivity contribution in [2.24, 2.45) is 5.92 Å². The monoisotopic (exact) mass is 550 g/mol. The number of β-amino-alcohol motifs (C(OH)–C–C–N with tert-alkyl or cyclic N) is 1. The van der Waals surface area contributed by atoms with E-state index in [1.54, 1.807) is 24.3 Å². The summed E-state index contributed by atoms with van der Waals surface area (Å²) in [4.78, 5) is 30.1. The SMILES string of the molecule is C=CC(C)C1=C(N[C@@H](C)/C=C\C)CN(CC(O)CNC(=O)c2ccc(C(=O)CN3C4CCC3COC4)cc2)CC1. The molecule has 3 N–H and O–H groups in total. The number of allylic oxidation sites excluding steroid dienone is 2. The molecular weight excluding hydrogens is 504 g/mol. The summed E-state index contributed by atoms with van der Waals surface area (Å²) in [5.74, 6) is 0.103. The zero-order valence-corrected chi connectivity index (χ0v) is 24.3. The standard InChI is InChI=1S/C32H46N4O4/c1-5-7-23(4)34-30-18-35(15-14-29(30)22(3)6-2)17-28(37)16-33-32(39)25-10-8-24(9-11-25)31(38)19-36-26-12-13-27(36)21-40-20-26/h5-11,22-23,26-28,34,37H,2,12-21H2,1,3-4H3,(H,33,39)/b7-5-/t22?,23-,26?,27?,28?/m0/s1. The van der Waals surface area contributed by atoms with Crippen LogP contribution in [0.25, 0.3) is 0 Å². The van der Waals surface area contributed by atoms with E-state index in [0.717, 1.165) is 32.4 Å². The summed E-state index contributed by atoms with van der Waals surface area (Å²) in [5.41, 5.74) is 3.64. The van der Waals surface area contributed by atoms with E-state index in [2.05, 4.69) is 46.9 Å². The van der Waals surface area contributed by atoms with Crippen LogP contribution in [-0.2, 0) is 4.74 Å². The Bertz CT molecular complexity index is 1080. The first-order chi connectivity index (χ1) is 19.3. The first kappa shape index (κ1) is 30.2. The summed E-state index contributed by atoms with van der Waals surface area (Å²) in [5, 5.41) is 17.2. The maximum Gasteiger partial charge on any atom is 0.251 e. The minimum Gasteiger partial charge on any atom is -0.390 e. The van der Waals surface area contributed by atoms with E-state index in [9.17, 15) is 14.7 Å². The van der Waals surface area contributed by atoms with Crippen molar-refractivity contribution >= 4 is 11.7 Å². The summed E-state index contributed by atoms with van der Waals surface area (Å²) in [7, 11) is 0. The van der Waals surface area contributed by atoms with E-state index in [1.807, 2.05) is 19.1 Å². The van der Waals surface area contributed by atoms with Crippen LogP contribution in [0.4, 0.5) is 0 Å². The van der Waals surface area contributed by atoms with Gasteiger partial charge >= 0.3 is 0 Å². The van der Waals surface area contributed by atoms with Crippen molar-refractivity contribution in [1.29, 1.82) is 0 Å². The number of aliphatic hydroxyl groups excluding tert-OH is 1. The number of carbonyl (C=O) groups excluding carboxylic acids is 2. The quantitative estimate of drug-likeness (QED) is 0.257. The van der Waals surface area contributed by atoms with E-state index in [4.69, 9.17) is 4.74 Å². The summed E-state index contributed by atoms with van der Waals surface area (Å²) in [6, 6.07) is 7.70. The fraction of sp³-hybridized carbons (Fsp3) is 0.562. The summed E-state index contributed by atoms with van der Waals surface area (Å²) in [6.07, 6.45) is 8.54. The van der Waals surface area contributed by atoms with Gasteiger partial charge in [0.25, 0.3) is 5.91 Å². The molecule has 4 rings (SSSR count). The largest absolute Gasteiger partial charge is 0.390 e. The lowest BCUT2D eigenvalue weighted by Crippen LogP contribution is -2.47. The van der Waals surface area contributed by atoms with Crippen LogP contribution in [0.15, 0.2) is 60.3 Å². The third kappa shape index (κ3) is 7.69. The molecular formula is C32H46N4O4. The average Bonchev–Trinajstić information content (AvgIpc) is 3.15. The number of benzene rings is 1. The maximum absolute atomic E-state index is 12.9. The minimum atomic E-state index is -0.693. The fourth-order valence-corrected chi connectivity index (χ4v) is 6.09. The van der Waals surface area contributed by atoms with Crippen LogP contribution in [0.1, 0.15) is 60.7 Å². The molecule has 5 atom stereocenters. The van der Waals surface area contributed by atoms with Gasteiger partial charge in [0.1, 0.15) is 0 Å². The Morgan fingerprint density at radius 2 is 1.82 bits per heavy atom. The zero-order chi connectivity index (χ0) is 28.6. The van der Waals surface area contributed by atoms with E-state index in [0.29, 0.717) is 55.4 Å². The fourth-order valence-electron chi connectivity index (χ4n) is 6.09. The molecule has 40 heavy (non-hydrogen) atoms. The number of aliphatic hydroxyl groups is 1. The molecule has 3 aliphatic heterocycles. The highest BCUT2D eigenvalue weighted by Crippen LogP contribution is 2.29. The van der Waals surface area contributed by atoms with Gasteiger partial charge in [0.05, 0.1) is 25.9 Å². The Morgan fingerprint density at radius 3 is 2.48 bits per heavy atom. The first-order valence-corrected chi connectivity index (χ1v) is 14.7. The molecule has 2 saturated heterocycles. The van der Waals surface area contributed by atoms with Gasteiger partial charge in [-0.1, -0.05) is 37.3 Å². The molecule has 3 aliphatic rings. The van der Waals surface area contributed by atoms with Gasteiger partial charge in [-0.05, 0) is 56.7 Å². The molecule has 8 heteroatoms. The summed E-state index contributed by atoms with van der Waals surface area (Å²) < 4.78 is 5.61. The molecule has 218 valence electrons. The normalized spacial score (nSPS) is 24.1. The molecule has 0 spiro atoms. The van der Waals surface area contributed by atoms with Crippen LogP contribution in [0, 0.1) is 5.92 Å². The minimum absolute atomic E-state index is 0.0661.